The SMILES string of the molecule is COc1cc(N(C)C2CCC(C)(C)CC2)c(F)cc1N. The van der Waals surface area contributed by atoms with E-state index in [9.17, 15) is 4.39 Å². The van der Waals surface area contributed by atoms with Crippen LogP contribution in [0.4, 0.5) is 15.8 Å². The molecule has 1 aromatic carbocycles. The summed E-state index contributed by atoms with van der Waals surface area (Å²) >= 11 is 0. The maximum Gasteiger partial charge on any atom is 0.148 e. The van der Waals surface area contributed by atoms with Crippen LogP contribution in [0, 0.1) is 11.2 Å². The standard InChI is InChI=1S/C16H25FN2O/c1-16(2)7-5-11(6-8-16)19(3)14-10-15(20-4)13(18)9-12(14)17/h9-11H,5-8,18H2,1-4H3. The lowest BCUT2D eigenvalue weighted by molar-refractivity contribution is 0.222. The van der Waals surface area contributed by atoms with Crippen LogP contribution in [0.3, 0.4) is 0 Å². The molecule has 0 atom stereocenters. The minimum atomic E-state index is -0.282. The zero-order chi connectivity index (χ0) is 14.9. The predicted molar refractivity (Wildman–Crippen MR) is 81.8 cm³/mol. The third-order valence-corrected chi connectivity index (χ3v) is 4.54. The van der Waals surface area contributed by atoms with Crippen molar-refractivity contribution in [3.8, 4) is 5.75 Å². The second-order valence-electron chi connectivity index (χ2n) is 6.55. The number of nitrogen functional groups attached to an aromatic ring is 1. The monoisotopic (exact) mass is 280 g/mol. The predicted octanol–water partition coefficient (Wildman–Crippen LogP) is 3.82. The van der Waals surface area contributed by atoms with Crippen LogP contribution in [0.15, 0.2) is 12.1 Å². The Hall–Kier alpha value is -1.45. The number of rotatable bonds is 3. The second-order valence-corrected chi connectivity index (χ2v) is 6.55. The molecule has 20 heavy (non-hydrogen) atoms. The van der Waals surface area contributed by atoms with Crippen LogP contribution in [-0.4, -0.2) is 20.2 Å². The molecule has 1 aliphatic carbocycles. The average Bonchev–Trinajstić information content (AvgIpc) is 2.38. The normalized spacial score (nSPS) is 18.9. The molecule has 0 saturated heterocycles. The molecule has 3 nitrogen and oxygen atoms in total. The van der Waals surface area contributed by atoms with E-state index in [0.29, 0.717) is 28.6 Å². The summed E-state index contributed by atoms with van der Waals surface area (Å²) in [4.78, 5) is 2.03. The lowest BCUT2D eigenvalue weighted by Crippen LogP contribution is -2.37. The molecule has 0 aromatic heterocycles. The van der Waals surface area contributed by atoms with Gasteiger partial charge in [0.25, 0.3) is 0 Å². The molecule has 0 amide bonds. The van der Waals surface area contributed by atoms with Crippen molar-refractivity contribution in [2.24, 2.45) is 5.41 Å². The van der Waals surface area contributed by atoms with Crippen molar-refractivity contribution < 1.29 is 9.13 Å². The number of benzene rings is 1. The first kappa shape index (κ1) is 14.9. The van der Waals surface area contributed by atoms with E-state index in [-0.39, 0.29) is 5.82 Å². The van der Waals surface area contributed by atoms with E-state index in [1.165, 1.54) is 18.9 Å². The van der Waals surface area contributed by atoms with Gasteiger partial charge in [-0.15, -0.1) is 0 Å². The summed E-state index contributed by atoms with van der Waals surface area (Å²) in [6.07, 6.45) is 4.54. The Morgan fingerprint density at radius 1 is 1.30 bits per heavy atom. The largest absolute Gasteiger partial charge is 0.495 e. The van der Waals surface area contributed by atoms with Gasteiger partial charge >= 0.3 is 0 Å². The number of nitrogens with zero attached hydrogens (tertiary/aromatic N) is 1. The van der Waals surface area contributed by atoms with Crippen molar-refractivity contribution >= 4 is 11.4 Å². The number of hydrogen-bond donors (Lipinski definition) is 1. The summed E-state index contributed by atoms with van der Waals surface area (Å²) in [5.74, 6) is 0.250. The molecule has 2 N–H and O–H groups in total. The maximum atomic E-state index is 14.1. The highest BCUT2D eigenvalue weighted by Crippen LogP contribution is 2.39. The summed E-state index contributed by atoms with van der Waals surface area (Å²) in [6, 6.07) is 3.42. The van der Waals surface area contributed by atoms with Crippen LogP contribution >= 0.6 is 0 Å². The number of nitrogens with two attached hydrogens (primary N) is 1. The van der Waals surface area contributed by atoms with Crippen molar-refractivity contribution in [2.75, 3.05) is 24.8 Å². The van der Waals surface area contributed by atoms with E-state index in [4.69, 9.17) is 10.5 Å². The van der Waals surface area contributed by atoms with Gasteiger partial charge < -0.3 is 15.4 Å². The van der Waals surface area contributed by atoms with E-state index in [0.717, 1.165) is 12.8 Å². The van der Waals surface area contributed by atoms with Crippen molar-refractivity contribution in [1.29, 1.82) is 0 Å². The summed E-state index contributed by atoms with van der Waals surface area (Å²) in [6.45, 7) is 4.60. The molecule has 0 radical (unpaired) electrons. The molecule has 0 unspecified atom stereocenters. The van der Waals surface area contributed by atoms with Crippen molar-refractivity contribution in [2.45, 2.75) is 45.6 Å². The molecular formula is C16H25FN2O. The quantitative estimate of drug-likeness (QED) is 0.855. The third-order valence-electron chi connectivity index (χ3n) is 4.54. The van der Waals surface area contributed by atoms with Gasteiger partial charge in [0.15, 0.2) is 0 Å². The fraction of sp³-hybridized carbons (Fsp3) is 0.625. The topological polar surface area (TPSA) is 38.5 Å². The summed E-state index contributed by atoms with van der Waals surface area (Å²) in [7, 11) is 3.51. The number of halogens is 1. The van der Waals surface area contributed by atoms with Gasteiger partial charge in [-0.1, -0.05) is 13.8 Å². The zero-order valence-electron chi connectivity index (χ0n) is 12.9. The summed E-state index contributed by atoms with van der Waals surface area (Å²) < 4.78 is 19.3. The van der Waals surface area contributed by atoms with Crippen LogP contribution in [0.5, 0.6) is 5.75 Å². The number of ether oxygens (including phenoxy) is 1. The smallest absolute Gasteiger partial charge is 0.148 e. The third kappa shape index (κ3) is 3.00. The average molecular weight is 280 g/mol. The molecule has 0 aliphatic heterocycles. The zero-order valence-corrected chi connectivity index (χ0v) is 12.9. The van der Waals surface area contributed by atoms with Gasteiger partial charge in [0, 0.05) is 25.2 Å². The lowest BCUT2D eigenvalue weighted by atomic mass is 9.75. The molecule has 1 aromatic rings. The Morgan fingerprint density at radius 2 is 1.90 bits per heavy atom. The molecule has 1 aliphatic rings. The fourth-order valence-corrected chi connectivity index (χ4v) is 2.97. The molecule has 4 heteroatoms. The van der Waals surface area contributed by atoms with E-state index in [1.807, 2.05) is 11.9 Å². The number of anilines is 2. The highest BCUT2D eigenvalue weighted by molar-refractivity contribution is 5.63. The Balaban J connectivity index is 2.19. The highest BCUT2D eigenvalue weighted by atomic mass is 19.1. The Kier molecular flexibility index (Phi) is 4.11. The highest BCUT2D eigenvalue weighted by Gasteiger charge is 2.30. The van der Waals surface area contributed by atoms with E-state index < -0.39 is 0 Å². The van der Waals surface area contributed by atoms with Crippen LogP contribution in [0.2, 0.25) is 0 Å². The Labute approximate surface area is 120 Å². The van der Waals surface area contributed by atoms with Gasteiger partial charge in [0.05, 0.1) is 18.5 Å². The molecule has 2 rings (SSSR count). The summed E-state index contributed by atoms with van der Waals surface area (Å²) in [5, 5.41) is 0. The van der Waals surface area contributed by atoms with Gasteiger partial charge in [0.1, 0.15) is 11.6 Å². The van der Waals surface area contributed by atoms with E-state index in [2.05, 4.69) is 13.8 Å². The first-order valence-corrected chi connectivity index (χ1v) is 7.20. The summed E-state index contributed by atoms with van der Waals surface area (Å²) in [5.41, 5.74) is 7.05. The Morgan fingerprint density at radius 3 is 2.45 bits per heavy atom. The fourth-order valence-electron chi connectivity index (χ4n) is 2.97. The Bertz CT molecular complexity index is 478. The van der Waals surface area contributed by atoms with Gasteiger partial charge in [-0.3, -0.25) is 0 Å². The van der Waals surface area contributed by atoms with Crippen molar-refractivity contribution in [1.82, 2.24) is 0 Å². The molecular weight excluding hydrogens is 255 g/mol. The van der Waals surface area contributed by atoms with E-state index >= 15 is 0 Å². The molecule has 1 saturated carbocycles. The van der Waals surface area contributed by atoms with Gasteiger partial charge in [0.2, 0.25) is 0 Å². The molecule has 0 spiro atoms. The van der Waals surface area contributed by atoms with Crippen LogP contribution in [-0.2, 0) is 0 Å². The first-order valence-electron chi connectivity index (χ1n) is 7.20. The van der Waals surface area contributed by atoms with Crippen molar-refractivity contribution in [3.63, 3.8) is 0 Å². The minimum Gasteiger partial charge on any atom is -0.495 e. The van der Waals surface area contributed by atoms with Gasteiger partial charge in [-0.2, -0.15) is 0 Å². The number of hydrogen-bond acceptors (Lipinski definition) is 3. The molecule has 0 bridgehead atoms. The molecule has 1 fully saturated rings. The second kappa shape index (κ2) is 5.51. The van der Waals surface area contributed by atoms with Crippen LogP contribution < -0.4 is 15.4 Å². The number of methoxy groups -OCH3 is 1. The van der Waals surface area contributed by atoms with Crippen LogP contribution in [0.25, 0.3) is 0 Å². The first-order chi connectivity index (χ1) is 9.34. The van der Waals surface area contributed by atoms with Gasteiger partial charge in [-0.05, 0) is 31.1 Å². The van der Waals surface area contributed by atoms with Crippen molar-refractivity contribution in [3.05, 3.63) is 17.9 Å². The van der Waals surface area contributed by atoms with E-state index in [1.54, 1.807) is 13.2 Å². The molecule has 112 valence electrons. The maximum absolute atomic E-state index is 14.1. The van der Waals surface area contributed by atoms with Gasteiger partial charge in [-0.25, -0.2) is 4.39 Å². The van der Waals surface area contributed by atoms with Crippen LogP contribution in [0.1, 0.15) is 39.5 Å². The minimum absolute atomic E-state index is 0.282. The molecule has 0 heterocycles. The lowest BCUT2D eigenvalue weighted by Gasteiger charge is -2.39.